The highest BCUT2D eigenvalue weighted by atomic mass is 16.6. The Morgan fingerprint density at radius 2 is 1.44 bits per heavy atom. The van der Waals surface area contributed by atoms with E-state index in [1.165, 1.54) is 6.33 Å². The first-order valence-corrected chi connectivity index (χ1v) is 16.1. The van der Waals surface area contributed by atoms with Gasteiger partial charge in [-0.25, -0.2) is 14.6 Å². The molecule has 1 amide bonds. The van der Waals surface area contributed by atoms with E-state index in [4.69, 9.17) is 55.1 Å². The third-order valence-corrected chi connectivity index (χ3v) is 7.56. The van der Waals surface area contributed by atoms with Crippen LogP contribution < -0.4 is 17.2 Å². The maximum absolute atomic E-state index is 12.7. The molecule has 0 saturated carbocycles. The van der Waals surface area contributed by atoms with Crippen LogP contribution in [0.1, 0.15) is 6.42 Å². The van der Waals surface area contributed by atoms with Crippen LogP contribution in [0.15, 0.2) is 28.9 Å². The lowest BCUT2D eigenvalue weighted by atomic mass is 10.00. The van der Waals surface area contributed by atoms with E-state index in [0.717, 1.165) is 5.56 Å². The molecule has 17 heteroatoms. The molecule has 1 aliphatic rings. The minimum atomic E-state index is 0.0589. The monoisotopic (exact) mass is 671 g/mol. The molecule has 0 unspecified atom stereocenters. The second-order valence-corrected chi connectivity index (χ2v) is 11.1. The number of amides is 1. The van der Waals surface area contributed by atoms with Gasteiger partial charge in [0.15, 0.2) is 11.2 Å². The van der Waals surface area contributed by atoms with Gasteiger partial charge in [-0.05, 0) is 18.2 Å². The number of likely N-dealkylation sites (tertiary alicyclic amines) is 1. The van der Waals surface area contributed by atoms with Crippen molar-refractivity contribution in [1.82, 2.24) is 29.6 Å². The van der Waals surface area contributed by atoms with Crippen LogP contribution in [0.25, 0.3) is 33.4 Å². The number of hydrogen-bond acceptors (Lipinski definition) is 15. The van der Waals surface area contributed by atoms with E-state index >= 15 is 0 Å². The summed E-state index contributed by atoms with van der Waals surface area (Å²) in [6.07, 6.45) is 1.74. The SMILES string of the molecule is NCCOCCOCCOCCOCCOCCOCCC(=O)N1CC(Cn2nc(-c3ccc4oc(N)nc4c3)c3c(N)ncnc32)C1. The molecule has 1 saturated heterocycles. The van der Waals surface area contributed by atoms with Crippen molar-refractivity contribution in [3.8, 4) is 11.3 Å². The summed E-state index contributed by atoms with van der Waals surface area (Å²) < 4.78 is 39.8. The zero-order valence-electron chi connectivity index (χ0n) is 27.1. The van der Waals surface area contributed by atoms with Crippen molar-refractivity contribution in [2.24, 2.45) is 11.7 Å². The smallest absolute Gasteiger partial charge is 0.292 e. The Morgan fingerprint density at radius 1 is 0.833 bits per heavy atom. The topological polar surface area (TPSA) is 223 Å². The van der Waals surface area contributed by atoms with Gasteiger partial charge in [0.1, 0.15) is 23.4 Å². The van der Waals surface area contributed by atoms with Gasteiger partial charge >= 0.3 is 0 Å². The van der Waals surface area contributed by atoms with Crippen molar-refractivity contribution in [3.05, 3.63) is 24.5 Å². The quantitative estimate of drug-likeness (QED) is 0.0924. The summed E-state index contributed by atoms with van der Waals surface area (Å²) in [6, 6.07) is 5.62. The predicted molar refractivity (Wildman–Crippen MR) is 176 cm³/mol. The predicted octanol–water partition coefficient (Wildman–Crippen LogP) is 0.706. The molecule has 6 N–H and O–H groups in total. The number of aromatic nitrogens is 5. The molecule has 4 heterocycles. The van der Waals surface area contributed by atoms with Crippen molar-refractivity contribution in [3.63, 3.8) is 0 Å². The van der Waals surface area contributed by atoms with Crippen molar-refractivity contribution in [2.45, 2.75) is 13.0 Å². The zero-order valence-corrected chi connectivity index (χ0v) is 27.1. The molecule has 0 spiro atoms. The molecule has 0 atom stereocenters. The number of nitrogens with two attached hydrogens (primary N) is 3. The molecule has 4 aromatic rings. The lowest BCUT2D eigenvalue weighted by molar-refractivity contribution is -0.139. The van der Waals surface area contributed by atoms with Crippen LogP contribution in [0, 0.1) is 5.92 Å². The summed E-state index contributed by atoms with van der Waals surface area (Å²) in [7, 11) is 0. The molecule has 48 heavy (non-hydrogen) atoms. The number of nitrogens with zero attached hydrogens (tertiary/aromatic N) is 6. The van der Waals surface area contributed by atoms with Crippen LogP contribution in [-0.4, -0.2) is 134 Å². The molecule has 0 radical (unpaired) electrons. The number of fused-ring (bicyclic) bond motifs is 2. The fourth-order valence-electron chi connectivity index (χ4n) is 5.19. The third-order valence-electron chi connectivity index (χ3n) is 7.56. The van der Waals surface area contributed by atoms with Crippen molar-refractivity contribution in [2.75, 3.05) is 110 Å². The summed E-state index contributed by atoms with van der Waals surface area (Å²) in [5.74, 6) is 0.627. The molecular weight excluding hydrogens is 626 g/mol. The highest BCUT2D eigenvalue weighted by molar-refractivity contribution is 5.99. The van der Waals surface area contributed by atoms with E-state index in [1.54, 1.807) is 6.07 Å². The third kappa shape index (κ3) is 10.0. The number of ether oxygens (including phenoxy) is 6. The summed E-state index contributed by atoms with van der Waals surface area (Å²) in [4.78, 5) is 27.3. The van der Waals surface area contributed by atoms with E-state index in [9.17, 15) is 4.79 Å². The first kappa shape index (κ1) is 35.3. The number of carbonyl (C=O) groups excluding carboxylic acids is 1. The number of oxazole rings is 1. The molecule has 262 valence electrons. The maximum atomic E-state index is 12.7. The minimum absolute atomic E-state index is 0.0589. The normalized spacial score (nSPS) is 13.6. The van der Waals surface area contributed by atoms with Gasteiger partial charge in [-0.1, -0.05) is 0 Å². The van der Waals surface area contributed by atoms with E-state index in [2.05, 4.69) is 15.0 Å². The lowest BCUT2D eigenvalue weighted by Gasteiger charge is -2.39. The molecule has 0 aliphatic carbocycles. The van der Waals surface area contributed by atoms with Gasteiger partial charge < -0.3 is 54.9 Å². The second kappa shape index (κ2) is 18.5. The van der Waals surface area contributed by atoms with Crippen LogP contribution in [0.4, 0.5) is 11.8 Å². The molecule has 17 nitrogen and oxygen atoms in total. The highest BCUT2D eigenvalue weighted by Crippen LogP contribution is 2.33. The van der Waals surface area contributed by atoms with Crippen LogP contribution in [0.3, 0.4) is 0 Å². The van der Waals surface area contributed by atoms with Crippen LogP contribution in [0.2, 0.25) is 0 Å². The van der Waals surface area contributed by atoms with E-state index in [0.29, 0.717) is 146 Å². The highest BCUT2D eigenvalue weighted by Gasteiger charge is 2.31. The summed E-state index contributed by atoms with van der Waals surface area (Å²) in [6.45, 7) is 8.07. The van der Waals surface area contributed by atoms with Gasteiger partial charge in [0.05, 0.1) is 91.1 Å². The summed E-state index contributed by atoms with van der Waals surface area (Å²) in [5, 5.41) is 5.51. The largest absolute Gasteiger partial charge is 0.424 e. The second-order valence-electron chi connectivity index (χ2n) is 11.1. The molecule has 0 bridgehead atoms. The molecule has 5 rings (SSSR count). The lowest BCUT2D eigenvalue weighted by Crippen LogP contribution is -2.51. The van der Waals surface area contributed by atoms with Gasteiger partial charge in [-0.15, -0.1) is 0 Å². The van der Waals surface area contributed by atoms with Gasteiger partial charge in [0.2, 0.25) is 5.91 Å². The van der Waals surface area contributed by atoms with Gasteiger partial charge in [0, 0.05) is 37.7 Å². The summed E-state index contributed by atoms with van der Waals surface area (Å²) >= 11 is 0. The first-order valence-electron chi connectivity index (χ1n) is 16.1. The number of carbonyl (C=O) groups is 1. The van der Waals surface area contributed by atoms with E-state index in [1.807, 2.05) is 21.7 Å². The van der Waals surface area contributed by atoms with Crippen LogP contribution >= 0.6 is 0 Å². The summed E-state index contributed by atoms with van der Waals surface area (Å²) in [5.41, 5.74) is 20.6. The Balaban J connectivity index is 0.910. The minimum Gasteiger partial charge on any atom is -0.424 e. The fourth-order valence-corrected chi connectivity index (χ4v) is 5.19. The average molecular weight is 672 g/mol. The standard InChI is InChI=1S/C31H45N9O8/c32-4-6-43-8-10-45-12-14-47-16-15-46-13-11-44-9-7-42-5-3-26(41)39-18-22(19-39)20-40-30-27(29(33)35-21-36-30)28(38-40)23-1-2-25-24(17-23)37-31(34)48-25/h1-2,17,21-22H,3-16,18-20,32H2,(H2,34,37)(H2,33,35,36). The van der Waals surface area contributed by atoms with Crippen molar-refractivity contribution >= 4 is 39.9 Å². The van der Waals surface area contributed by atoms with E-state index < -0.39 is 0 Å². The number of hydrogen-bond donors (Lipinski definition) is 3. The maximum Gasteiger partial charge on any atom is 0.292 e. The average Bonchev–Trinajstić information content (AvgIpc) is 3.63. The molecule has 1 fully saturated rings. The molecular formula is C31H45N9O8. The Hall–Kier alpha value is -3.97. The molecule has 1 aliphatic heterocycles. The molecule has 3 aromatic heterocycles. The Bertz CT molecular complexity index is 1580. The van der Waals surface area contributed by atoms with Gasteiger partial charge in [-0.2, -0.15) is 10.1 Å². The van der Waals surface area contributed by atoms with E-state index in [-0.39, 0.29) is 17.8 Å². The number of benzene rings is 1. The van der Waals surface area contributed by atoms with Crippen molar-refractivity contribution < 1.29 is 37.6 Å². The fraction of sp³-hybridized carbons (Fsp3) is 0.581. The van der Waals surface area contributed by atoms with Crippen LogP contribution in [0.5, 0.6) is 0 Å². The Kier molecular flexibility index (Phi) is 13.7. The Morgan fingerprint density at radius 3 is 2.06 bits per heavy atom. The van der Waals surface area contributed by atoms with Crippen LogP contribution in [-0.2, 0) is 39.8 Å². The van der Waals surface area contributed by atoms with Crippen molar-refractivity contribution in [1.29, 1.82) is 0 Å². The number of rotatable bonds is 23. The number of nitrogen functional groups attached to an aromatic ring is 2. The van der Waals surface area contributed by atoms with Gasteiger partial charge in [-0.3, -0.25) is 4.79 Å². The molecule has 1 aromatic carbocycles. The first-order chi connectivity index (χ1) is 23.5. The Labute approximate surface area is 277 Å². The van der Waals surface area contributed by atoms with Gasteiger partial charge in [0.25, 0.3) is 6.01 Å². The number of anilines is 2. The zero-order chi connectivity index (χ0) is 33.6.